The number of ether oxygens (including phenoxy) is 6. The summed E-state index contributed by atoms with van der Waals surface area (Å²) >= 11 is 0. The smallest absolute Gasteiger partial charge is 0.187 e. The molecule has 8 aliphatic rings. The van der Waals surface area contributed by atoms with Gasteiger partial charge < -0.3 is 69.3 Å². The van der Waals surface area contributed by atoms with Gasteiger partial charge in [-0.25, -0.2) is 0 Å². The lowest BCUT2D eigenvalue weighted by atomic mass is 9.44. The van der Waals surface area contributed by atoms with Crippen molar-refractivity contribution < 1.29 is 69.3 Å². The molecule has 53 heavy (non-hydrogen) atoms. The summed E-state index contributed by atoms with van der Waals surface area (Å²) in [5.74, 6) is 1.43. The van der Waals surface area contributed by atoms with E-state index in [-0.39, 0.29) is 29.0 Å². The zero-order valence-electron chi connectivity index (χ0n) is 31.6. The van der Waals surface area contributed by atoms with Crippen molar-refractivity contribution in [2.75, 3.05) is 19.8 Å². The predicted octanol–water partition coefficient (Wildman–Crippen LogP) is 0.557. The van der Waals surface area contributed by atoms with Crippen LogP contribution in [0.1, 0.15) is 91.9 Å². The van der Waals surface area contributed by atoms with E-state index in [9.17, 15) is 40.9 Å². The van der Waals surface area contributed by atoms with Crippen LogP contribution >= 0.6 is 0 Å². The van der Waals surface area contributed by atoms with Crippen LogP contribution in [-0.2, 0) is 28.4 Å². The monoisotopic (exact) mass is 756 g/mol. The lowest BCUT2D eigenvalue weighted by Gasteiger charge is -2.62. The average Bonchev–Trinajstić information content (AvgIpc) is 3.50. The van der Waals surface area contributed by atoms with Crippen molar-refractivity contribution in [1.82, 2.24) is 0 Å². The highest BCUT2D eigenvalue weighted by Crippen LogP contribution is 2.72. The van der Waals surface area contributed by atoms with Crippen LogP contribution < -0.4 is 0 Å². The van der Waals surface area contributed by atoms with Crippen molar-refractivity contribution in [1.29, 1.82) is 0 Å². The first kappa shape index (κ1) is 39.3. The number of hydrogen-bond acceptors (Lipinski definition) is 14. The third-order valence-corrected chi connectivity index (χ3v) is 16.4. The molecular formula is C39H64O14. The van der Waals surface area contributed by atoms with Crippen molar-refractivity contribution in [2.45, 2.75) is 177 Å². The first-order valence-corrected chi connectivity index (χ1v) is 20.4. The first-order valence-electron chi connectivity index (χ1n) is 20.4. The lowest BCUT2D eigenvalue weighted by Crippen LogP contribution is -2.65. The Bertz CT molecular complexity index is 1310. The molecule has 14 nitrogen and oxygen atoms in total. The molecule has 4 aliphatic carbocycles. The Labute approximate surface area is 312 Å². The van der Waals surface area contributed by atoms with Gasteiger partial charge in [-0.15, -0.1) is 0 Å². The fourth-order valence-electron chi connectivity index (χ4n) is 13.1. The topological polar surface area (TPSA) is 217 Å². The van der Waals surface area contributed by atoms with Crippen LogP contribution in [0.5, 0.6) is 0 Å². The molecule has 8 N–H and O–H groups in total. The molecule has 304 valence electrons. The minimum atomic E-state index is -1.73. The maximum atomic E-state index is 12.7. The molecule has 22 atom stereocenters. The normalized spacial score (nSPS) is 59.5. The second-order valence-corrected chi connectivity index (χ2v) is 18.8. The maximum Gasteiger partial charge on any atom is 0.187 e. The van der Waals surface area contributed by atoms with Crippen molar-refractivity contribution in [3.8, 4) is 0 Å². The van der Waals surface area contributed by atoms with Crippen molar-refractivity contribution >= 4 is 0 Å². The van der Waals surface area contributed by atoms with E-state index in [1.165, 1.54) is 0 Å². The van der Waals surface area contributed by atoms with E-state index in [1.807, 2.05) is 0 Å². The second kappa shape index (κ2) is 14.1. The molecule has 8 fully saturated rings. The lowest BCUT2D eigenvalue weighted by molar-refractivity contribution is -0.373. The molecule has 0 amide bonds. The molecule has 0 aromatic rings. The Balaban J connectivity index is 0.954. The van der Waals surface area contributed by atoms with Gasteiger partial charge in [-0.3, -0.25) is 0 Å². The highest BCUT2D eigenvalue weighted by atomic mass is 16.8. The number of hydrogen-bond donors (Lipinski definition) is 8. The van der Waals surface area contributed by atoms with E-state index in [0.29, 0.717) is 36.2 Å². The largest absolute Gasteiger partial charge is 0.394 e. The summed E-state index contributed by atoms with van der Waals surface area (Å²) in [5.41, 5.74) is -1.10. The summed E-state index contributed by atoms with van der Waals surface area (Å²) in [5, 5.41) is 85.4. The SMILES string of the molecule is C[C@H]1CC[C@@]2(OC1)O[C@H]1C[C@H]3[C@@H]4CC[C@@H]5C[C@@H](O[C@@H]6O[C@H](CO)[C@@H](O)[C@H](O)[C@H]6O[C@@H]6O[C@@H](CO)[C@H](O)[C@H](O)[C@H]6O)CC[C@]5(C)[C@H]4CC[C@]3(C)[C@@]1(O)[C@@H]2C. The molecule has 0 aromatic heterocycles. The van der Waals surface area contributed by atoms with Crippen molar-refractivity contribution in [2.24, 2.45) is 46.3 Å². The number of rotatable bonds is 6. The van der Waals surface area contributed by atoms with Gasteiger partial charge in [-0.2, -0.15) is 0 Å². The van der Waals surface area contributed by atoms with Crippen molar-refractivity contribution in [3.63, 3.8) is 0 Å². The zero-order chi connectivity index (χ0) is 37.8. The Morgan fingerprint density at radius 1 is 0.698 bits per heavy atom. The van der Waals surface area contributed by atoms with Gasteiger partial charge in [-0.1, -0.05) is 27.7 Å². The van der Waals surface area contributed by atoms with Crippen LogP contribution in [0.3, 0.4) is 0 Å². The zero-order valence-corrected chi connectivity index (χ0v) is 31.6. The van der Waals surface area contributed by atoms with Crippen LogP contribution in [0.25, 0.3) is 0 Å². The molecule has 0 radical (unpaired) electrons. The summed E-state index contributed by atoms with van der Waals surface area (Å²) in [6.07, 6.45) is -6.03. The van der Waals surface area contributed by atoms with Crippen LogP contribution in [-0.4, -0.2) is 146 Å². The van der Waals surface area contributed by atoms with E-state index in [0.717, 1.165) is 64.2 Å². The van der Waals surface area contributed by atoms with Crippen LogP contribution in [0.4, 0.5) is 0 Å². The second-order valence-electron chi connectivity index (χ2n) is 18.8. The third-order valence-electron chi connectivity index (χ3n) is 16.4. The molecule has 4 aliphatic heterocycles. The summed E-state index contributed by atoms with van der Waals surface area (Å²) in [4.78, 5) is 0. The average molecular weight is 757 g/mol. The van der Waals surface area contributed by atoms with Crippen LogP contribution in [0.15, 0.2) is 0 Å². The number of aliphatic hydroxyl groups is 8. The van der Waals surface area contributed by atoms with Gasteiger partial charge in [0.25, 0.3) is 0 Å². The fourth-order valence-corrected chi connectivity index (χ4v) is 13.1. The van der Waals surface area contributed by atoms with E-state index in [1.54, 1.807) is 0 Å². The highest BCUT2D eigenvalue weighted by molar-refractivity contribution is 5.23. The third kappa shape index (κ3) is 5.86. The van der Waals surface area contributed by atoms with Gasteiger partial charge >= 0.3 is 0 Å². The Hall–Kier alpha value is -0.560. The van der Waals surface area contributed by atoms with E-state index >= 15 is 0 Å². The fraction of sp³-hybridized carbons (Fsp3) is 1.00. The van der Waals surface area contributed by atoms with Gasteiger partial charge in [0.15, 0.2) is 18.4 Å². The molecule has 0 bridgehead atoms. The maximum absolute atomic E-state index is 12.7. The van der Waals surface area contributed by atoms with Crippen molar-refractivity contribution in [3.05, 3.63) is 0 Å². The summed E-state index contributed by atoms with van der Waals surface area (Å²) in [6.45, 7) is 8.58. The summed E-state index contributed by atoms with van der Waals surface area (Å²) < 4.78 is 37.2. The Morgan fingerprint density at radius 3 is 2.08 bits per heavy atom. The van der Waals surface area contributed by atoms with E-state index in [4.69, 9.17) is 28.4 Å². The number of aliphatic hydroxyl groups excluding tert-OH is 7. The highest BCUT2D eigenvalue weighted by Gasteiger charge is 2.76. The van der Waals surface area contributed by atoms with Crippen LogP contribution in [0, 0.1) is 46.3 Å². The Morgan fingerprint density at radius 2 is 1.40 bits per heavy atom. The minimum Gasteiger partial charge on any atom is -0.394 e. The molecule has 4 heterocycles. The van der Waals surface area contributed by atoms with Gasteiger partial charge in [0.05, 0.1) is 32.0 Å². The van der Waals surface area contributed by atoms with E-state index < -0.39 is 86.0 Å². The van der Waals surface area contributed by atoms with Gasteiger partial charge in [0.1, 0.15) is 54.4 Å². The molecular weight excluding hydrogens is 692 g/mol. The van der Waals surface area contributed by atoms with E-state index in [2.05, 4.69) is 27.7 Å². The quantitative estimate of drug-likeness (QED) is 0.174. The first-order chi connectivity index (χ1) is 25.1. The Kier molecular flexibility index (Phi) is 10.4. The molecule has 4 saturated heterocycles. The molecule has 14 heteroatoms. The molecule has 1 spiro atoms. The summed E-state index contributed by atoms with van der Waals surface area (Å²) in [7, 11) is 0. The molecule has 8 rings (SSSR count). The van der Waals surface area contributed by atoms with Crippen LogP contribution in [0.2, 0.25) is 0 Å². The molecule has 0 unspecified atom stereocenters. The van der Waals surface area contributed by atoms with Gasteiger partial charge in [0.2, 0.25) is 0 Å². The van der Waals surface area contributed by atoms with Gasteiger partial charge in [0, 0.05) is 17.8 Å². The van der Waals surface area contributed by atoms with Gasteiger partial charge in [-0.05, 0) is 92.8 Å². The minimum absolute atomic E-state index is 0.0731. The summed E-state index contributed by atoms with van der Waals surface area (Å²) in [6, 6.07) is 0. The molecule has 0 aromatic carbocycles. The molecule has 4 saturated carbocycles. The standard InChI is InChI=1S/C39H64O14/c1-18-7-12-38(48-17-18)19(2)39(47)27(53-38)14-24-22-6-5-20-13-21(8-10-36(20,3)23(22)9-11-37(24,39)4)49-35-33(31(45)29(43)26(16-41)51-35)52-34-32(46)30(44)28(42)25(15-40)50-34/h18-35,40-47H,5-17H2,1-4H3/t18-,19+,20+,21-,22+,23-,24-,25-,26+,27-,28-,29+,30-,31-,32+,33+,34-,35+,36-,37-,38+,39+/m0/s1. The number of fused-ring (bicyclic) bond motifs is 7. The predicted molar refractivity (Wildman–Crippen MR) is 184 cm³/mol.